The highest BCUT2D eigenvalue weighted by molar-refractivity contribution is 5.49. The smallest absolute Gasteiger partial charge is 0.194 e. The van der Waals surface area contributed by atoms with Crippen LogP contribution in [0.2, 0.25) is 0 Å². The first kappa shape index (κ1) is 17.3. The number of halogens is 3. The summed E-state index contributed by atoms with van der Waals surface area (Å²) in [5, 5.41) is 0. The summed E-state index contributed by atoms with van der Waals surface area (Å²) in [5.41, 5.74) is 2.84. The molecule has 0 saturated heterocycles. The fourth-order valence-corrected chi connectivity index (χ4v) is 2.43. The molecule has 0 aliphatic rings. The second-order valence-electron chi connectivity index (χ2n) is 5.66. The van der Waals surface area contributed by atoms with E-state index < -0.39 is 17.5 Å². The molecule has 2 aromatic rings. The second-order valence-corrected chi connectivity index (χ2v) is 5.66. The van der Waals surface area contributed by atoms with Crippen LogP contribution in [0.1, 0.15) is 42.9 Å². The predicted octanol–water partition coefficient (Wildman–Crippen LogP) is 6.09. The highest BCUT2D eigenvalue weighted by Crippen LogP contribution is 2.16. The minimum absolute atomic E-state index is 0.487. The Hall–Kier alpha value is -2.03. The number of hydrogen-bond donors (Lipinski definition) is 0. The molecule has 23 heavy (non-hydrogen) atoms. The van der Waals surface area contributed by atoms with E-state index in [0.29, 0.717) is 12.0 Å². The van der Waals surface area contributed by atoms with E-state index in [9.17, 15) is 13.2 Å². The average molecular weight is 318 g/mol. The summed E-state index contributed by atoms with van der Waals surface area (Å²) < 4.78 is 39.2. The van der Waals surface area contributed by atoms with Crippen molar-refractivity contribution in [3.8, 4) is 0 Å². The van der Waals surface area contributed by atoms with Gasteiger partial charge in [-0.2, -0.15) is 0 Å². The molecule has 0 aromatic heterocycles. The Morgan fingerprint density at radius 2 is 1.48 bits per heavy atom. The monoisotopic (exact) mass is 318 g/mol. The summed E-state index contributed by atoms with van der Waals surface area (Å²) in [5.74, 6) is -3.65. The van der Waals surface area contributed by atoms with Crippen molar-refractivity contribution in [1.29, 1.82) is 0 Å². The molecule has 0 N–H and O–H groups in total. The minimum Gasteiger partial charge on any atom is -0.204 e. The van der Waals surface area contributed by atoms with E-state index in [4.69, 9.17) is 0 Å². The molecule has 0 unspecified atom stereocenters. The van der Waals surface area contributed by atoms with Gasteiger partial charge in [0, 0.05) is 0 Å². The van der Waals surface area contributed by atoms with Crippen molar-refractivity contribution in [2.75, 3.05) is 0 Å². The molecule has 0 amide bonds. The third-order valence-corrected chi connectivity index (χ3v) is 3.72. The number of benzene rings is 2. The van der Waals surface area contributed by atoms with Crippen LogP contribution < -0.4 is 0 Å². The zero-order valence-corrected chi connectivity index (χ0v) is 13.3. The summed E-state index contributed by atoms with van der Waals surface area (Å²) >= 11 is 0. The molecule has 0 spiro atoms. The van der Waals surface area contributed by atoms with Crippen molar-refractivity contribution >= 4 is 6.08 Å². The van der Waals surface area contributed by atoms with Gasteiger partial charge in [0.05, 0.1) is 0 Å². The number of unbranched alkanes of at least 4 members (excludes halogenated alkanes) is 1. The van der Waals surface area contributed by atoms with Crippen molar-refractivity contribution in [1.82, 2.24) is 0 Å². The molecule has 122 valence electrons. The summed E-state index contributed by atoms with van der Waals surface area (Å²) in [6.07, 6.45) is 8.58. The van der Waals surface area contributed by atoms with Crippen molar-refractivity contribution in [2.45, 2.75) is 39.0 Å². The Morgan fingerprint density at radius 3 is 2.09 bits per heavy atom. The number of hydrogen-bond acceptors (Lipinski definition) is 0. The molecule has 2 rings (SSSR count). The Morgan fingerprint density at radius 1 is 0.870 bits per heavy atom. The quantitative estimate of drug-likeness (QED) is 0.542. The molecule has 0 radical (unpaired) electrons. The molecule has 0 bridgehead atoms. The van der Waals surface area contributed by atoms with E-state index in [0.717, 1.165) is 37.8 Å². The molecule has 0 aliphatic carbocycles. The van der Waals surface area contributed by atoms with Gasteiger partial charge in [-0.25, -0.2) is 13.2 Å². The van der Waals surface area contributed by atoms with Crippen LogP contribution in [-0.4, -0.2) is 0 Å². The Balaban J connectivity index is 1.87. The van der Waals surface area contributed by atoms with E-state index in [-0.39, 0.29) is 0 Å². The van der Waals surface area contributed by atoms with Crippen LogP contribution in [0.4, 0.5) is 13.2 Å². The maximum Gasteiger partial charge on any atom is 0.194 e. The standard InChI is InChI=1S/C20H21F3/c1-2-3-4-6-15-9-11-16(12-10-15)7-5-8-17-13-18(21)20(23)19(22)14-17/h4,6,9-14H,2-3,5,7-8H2,1H3/b6-4+. The fourth-order valence-electron chi connectivity index (χ4n) is 2.43. The van der Waals surface area contributed by atoms with Crippen molar-refractivity contribution < 1.29 is 13.2 Å². The highest BCUT2D eigenvalue weighted by atomic mass is 19.2. The SMILES string of the molecule is CCC/C=C/c1ccc(CCCc2cc(F)c(F)c(F)c2)cc1. The number of aryl methyl sites for hydroxylation is 2. The summed E-state index contributed by atoms with van der Waals surface area (Å²) in [4.78, 5) is 0. The number of rotatable bonds is 7. The molecule has 0 heterocycles. The Bertz CT molecular complexity index is 634. The zero-order valence-electron chi connectivity index (χ0n) is 13.3. The summed E-state index contributed by atoms with van der Waals surface area (Å²) in [6.45, 7) is 2.15. The lowest BCUT2D eigenvalue weighted by molar-refractivity contribution is 0.445. The predicted molar refractivity (Wildman–Crippen MR) is 88.7 cm³/mol. The van der Waals surface area contributed by atoms with Crippen LogP contribution in [0.3, 0.4) is 0 Å². The van der Waals surface area contributed by atoms with Gasteiger partial charge in [-0.1, -0.05) is 49.8 Å². The Kier molecular flexibility index (Phi) is 6.45. The fraction of sp³-hybridized carbons (Fsp3) is 0.300. The van der Waals surface area contributed by atoms with E-state index in [1.54, 1.807) is 0 Å². The Labute approximate surface area is 135 Å². The van der Waals surface area contributed by atoms with Crippen LogP contribution in [0.25, 0.3) is 6.08 Å². The molecular weight excluding hydrogens is 297 g/mol. The van der Waals surface area contributed by atoms with Gasteiger partial charge in [-0.15, -0.1) is 0 Å². The first-order chi connectivity index (χ1) is 11.1. The van der Waals surface area contributed by atoms with Gasteiger partial charge in [0.15, 0.2) is 17.5 Å². The lowest BCUT2D eigenvalue weighted by Gasteiger charge is -2.05. The maximum atomic E-state index is 13.1. The van der Waals surface area contributed by atoms with E-state index in [2.05, 4.69) is 43.3 Å². The summed E-state index contributed by atoms with van der Waals surface area (Å²) in [6, 6.07) is 10.4. The highest BCUT2D eigenvalue weighted by Gasteiger charge is 2.10. The van der Waals surface area contributed by atoms with E-state index in [1.807, 2.05) is 0 Å². The van der Waals surface area contributed by atoms with Crippen LogP contribution in [0.15, 0.2) is 42.5 Å². The van der Waals surface area contributed by atoms with Crippen molar-refractivity contribution in [2.24, 2.45) is 0 Å². The normalized spacial score (nSPS) is 11.3. The van der Waals surface area contributed by atoms with Gasteiger partial charge in [0.2, 0.25) is 0 Å². The van der Waals surface area contributed by atoms with Crippen LogP contribution in [-0.2, 0) is 12.8 Å². The van der Waals surface area contributed by atoms with Gasteiger partial charge >= 0.3 is 0 Å². The molecule has 3 heteroatoms. The first-order valence-corrected chi connectivity index (χ1v) is 7.99. The third-order valence-electron chi connectivity index (χ3n) is 3.72. The van der Waals surface area contributed by atoms with E-state index >= 15 is 0 Å². The lowest BCUT2D eigenvalue weighted by Crippen LogP contribution is -1.96. The van der Waals surface area contributed by atoms with Gasteiger partial charge in [0.1, 0.15) is 0 Å². The molecule has 0 nitrogen and oxygen atoms in total. The van der Waals surface area contributed by atoms with Gasteiger partial charge < -0.3 is 0 Å². The largest absolute Gasteiger partial charge is 0.204 e. The van der Waals surface area contributed by atoms with Crippen molar-refractivity contribution in [3.63, 3.8) is 0 Å². The van der Waals surface area contributed by atoms with Crippen molar-refractivity contribution in [3.05, 3.63) is 76.6 Å². The van der Waals surface area contributed by atoms with Crippen LogP contribution in [0.5, 0.6) is 0 Å². The van der Waals surface area contributed by atoms with E-state index in [1.165, 1.54) is 11.1 Å². The van der Waals surface area contributed by atoms with Crippen LogP contribution in [0, 0.1) is 17.5 Å². The van der Waals surface area contributed by atoms with Gasteiger partial charge in [-0.3, -0.25) is 0 Å². The molecule has 0 atom stereocenters. The average Bonchev–Trinajstić information content (AvgIpc) is 2.54. The second kappa shape index (κ2) is 8.56. The third kappa shape index (κ3) is 5.27. The van der Waals surface area contributed by atoms with Crippen LogP contribution >= 0.6 is 0 Å². The lowest BCUT2D eigenvalue weighted by atomic mass is 10.0. The number of allylic oxidation sites excluding steroid dienone is 1. The first-order valence-electron chi connectivity index (χ1n) is 7.99. The maximum absolute atomic E-state index is 13.1. The minimum atomic E-state index is -1.40. The molecule has 0 saturated carbocycles. The molecule has 2 aromatic carbocycles. The molecular formula is C20H21F3. The summed E-state index contributed by atoms with van der Waals surface area (Å²) in [7, 11) is 0. The molecule has 0 aliphatic heterocycles. The topological polar surface area (TPSA) is 0 Å². The molecule has 0 fully saturated rings. The van der Waals surface area contributed by atoms with Gasteiger partial charge in [0.25, 0.3) is 0 Å². The zero-order chi connectivity index (χ0) is 16.7. The van der Waals surface area contributed by atoms with Gasteiger partial charge in [-0.05, 0) is 54.5 Å².